The van der Waals surface area contributed by atoms with E-state index in [1.54, 1.807) is 23.0 Å². The van der Waals surface area contributed by atoms with Crippen molar-refractivity contribution in [2.45, 2.75) is 0 Å². The number of oxazole rings is 1. The van der Waals surface area contributed by atoms with Gasteiger partial charge in [-0.3, -0.25) is 14.5 Å². The lowest BCUT2D eigenvalue weighted by atomic mass is 10.1. The zero-order valence-corrected chi connectivity index (χ0v) is 12.3. The molecule has 4 aromatic rings. The highest BCUT2D eigenvalue weighted by molar-refractivity contribution is 5.82. The fraction of sp³-hybridized carbons (Fsp3) is 0.0588. The molecule has 3 aromatic heterocycles. The molecule has 112 valence electrons. The van der Waals surface area contributed by atoms with Crippen molar-refractivity contribution in [1.82, 2.24) is 19.7 Å². The highest BCUT2D eigenvalue weighted by Gasteiger charge is 2.11. The summed E-state index contributed by atoms with van der Waals surface area (Å²) in [5, 5.41) is 4.39. The fourth-order valence-corrected chi connectivity index (χ4v) is 2.43. The van der Waals surface area contributed by atoms with Crippen LogP contribution in [0.25, 0.3) is 33.8 Å². The van der Waals surface area contributed by atoms with E-state index in [1.165, 1.54) is 0 Å². The molecular weight excluding hydrogens is 292 g/mol. The summed E-state index contributed by atoms with van der Waals surface area (Å²) in [7, 11) is 1.88. The number of aromatic nitrogens is 4. The lowest BCUT2D eigenvalue weighted by Crippen LogP contribution is -1.87. The van der Waals surface area contributed by atoms with Crippen LogP contribution in [-0.2, 0) is 7.05 Å². The molecule has 0 N–H and O–H groups in total. The van der Waals surface area contributed by atoms with Crippen LogP contribution in [0.3, 0.4) is 0 Å². The van der Waals surface area contributed by atoms with Gasteiger partial charge in [-0.25, -0.2) is 4.98 Å². The molecule has 0 fully saturated rings. The van der Waals surface area contributed by atoms with E-state index in [1.807, 2.05) is 37.5 Å². The average molecular weight is 304 g/mol. The molecule has 1 aromatic carbocycles. The number of fused-ring (bicyclic) bond motifs is 1. The molecule has 4 rings (SSSR count). The van der Waals surface area contributed by atoms with E-state index >= 15 is 0 Å². The summed E-state index contributed by atoms with van der Waals surface area (Å²) in [5.74, 6) is 0.462. The predicted octanol–water partition coefficient (Wildman–Crippen LogP) is 3.10. The SMILES string of the molecule is Cn1ccc(-c2ccc3oc(-c4ccnc(C=O)c4)nc3c2)n1. The van der Waals surface area contributed by atoms with Gasteiger partial charge < -0.3 is 4.42 Å². The molecule has 0 amide bonds. The second-order valence-electron chi connectivity index (χ2n) is 5.16. The van der Waals surface area contributed by atoms with Crippen molar-refractivity contribution < 1.29 is 9.21 Å². The van der Waals surface area contributed by atoms with Crippen LogP contribution in [-0.4, -0.2) is 26.0 Å². The summed E-state index contributed by atoms with van der Waals surface area (Å²) < 4.78 is 7.52. The van der Waals surface area contributed by atoms with Crippen molar-refractivity contribution in [3.05, 3.63) is 54.5 Å². The van der Waals surface area contributed by atoms with Crippen molar-refractivity contribution in [1.29, 1.82) is 0 Å². The summed E-state index contributed by atoms with van der Waals surface area (Å²) >= 11 is 0. The zero-order valence-electron chi connectivity index (χ0n) is 12.3. The Bertz CT molecular complexity index is 1020. The third kappa shape index (κ3) is 2.40. The van der Waals surface area contributed by atoms with Gasteiger partial charge in [-0.15, -0.1) is 0 Å². The summed E-state index contributed by atoms with van der Waals surface area (Å²) in [4.78, 5) is 19.3. The minimum atomic E-state index is 0.346. The van der Waals surface area contributed by atoms with Crippen molar-refractivity contribution >= 4 is 17.4 Å². The molecule has 0 saturated heterocycles. The van der Waals surface area contributed by atoms with Crippen LogP contribution in [0.15, 0.2) is 53.2 Å². The molecule has 0 radical (unpaired) electrons. The standard InChI is InChI=1S/C17H12N4O2/c1-21-7-5-14(20-21)11-2-3-16-15(9-11)19-17(23-16)12-4-6-18-13(8-12)10-22/h2-10H,1H3. The van der Waals surface area contributed by atoms with E-state index in [-0.39, 0.29) is 0 Å². The van der Waals surface area contributed by atoms with Crippen molar-refractivity contribution in [2.24, 2.45) is 7.05 Å². The summed E-state index contributed by atoms with van der Waals surface area (Å²) in [6.07, 6.45) is 4.16. The Morgan fingerprint density at radius 1 is 1.13 bits per heavy atom. The van der Waals surface area contributed by atoms with Crippen LogP contribution in [0.4, 0.5) is 0 Å². The average Bonchev–Trinajstić information content (AvgIpc) is 3.20. The molecule has 0 aliphatic carbocycles. The first-order chi connectivity index (χ1) is 11.2. The number of hydrogen-bond donors (Lipinski definition) is 0. The third-order valence-electron chi connectivity index (χ3n) is 3.55. The minimum Gasteiger partial charge on any atom is -0.436 e. The summed E-state index contributed by atoms with van der Waals surface area (Å²) in [6.45, 7) is 0. The van der Waals surface area contributed by atoms with E-state index in [4.69, 9.17) is 4.42 Å². The molecule has 0 saturated carbocycles. The Kier molecular flexibility index (Phi) is 3.01. The molecule has 0 aliphatic rings. The van der Waals surface area contributed by atoms with E-state index in [2.05, 4.69) is 15.1 Å². The molecule has 0 bridgehead atoms. The van der Waals surface area contributed by atoms with Gasteiger partial charge in [0.05, 0.1) is 5.69 Å². The zero-order chi connectivity index (χ0) is 15.8. The van der Waals surface area contributed by atoms with Gasteiger partial charge in [0.15, 0.2) is 11.9 Å². The predicted molar refractivity (Wildman–Crippen MR) is 84.8 cm³/mol. The Morgan fingerprint density at radius 2 is 2.04 bits per heavy atom. The van der Waals surface area contributed by atoms with Crippen LogP contribution in [0.2, 0.25) is 0 Å². The van der Waals surface area contributed by atoms with Gasteiger partial charge in [0.1, 0.15) is 11.2 Å². The number of rotatable bonds is 3. The molecule has 6 heteroatoms. The number of carbonyl (C=O) groups is 1. The molecular formula is C17H12N4O2. The van der Waals surface area contributed by atoms with Crippen LogP contribution in [0, 0.1) is 0 Å². The number of aryl methyl sites for hydroxylation is 1. The van der Waals surface area contributed by atoms with Crippen molar-refractivity contribution in [2.75, 3.05) is 0 Å². The first-order valence-electron chi connectivity index (χ1n) is 7.05. The molecule has 23 heavy (non-hydrogen) atoms. The van der Waals surface area contributed by atoms with Gasteiger partial charge in [0, 0.05) is 30.6 Å². The molecule has 0 atom stereocenters. The lowest BCUT2D eigenvalue weighted by Gasteiger charge is -1.95. The number of hydrogen-bond acceptors (Lipinski definition) is 5. The smallest absolute Gasteiger partial charge is 0.227 e. The van der Waals surface area contributed by atoms with Crippen molar-refractivity contribution in [3.8, 4) is 22.7 Å². The third-order valence-corrected chi connectivity index (χ3v) is 3.55. The summed E-state index contributed by atoms with van der Waals surface area (Å²) in [6, 6.07) is 11.1. The van der Waals surface area contributed by atoms with Crippen LogP contribution >= 0.6 is 0 Å². The van der Waals surface area contributed by atoms with Gasteiger partial charge in [-0.05, 0) is 36.4 Å². The molecule has 3 heterocycles. The normalized spacial score (nSPS) is 11.0. The van der Waals surface area contributed by atoms with E-state index in [9.17, 15) is 4.79 Å². The van der Waals surface area contributed by atoms with Gasteiger partial charge in [0.25, 0.3) is 0 Å². The largest absolute Gasteiger partial charge is 0.436 e. The lowest BCUT2D eigenvalue weighted by molar-refractivity contribution is 0.111. The van der Waals surface area contributed by atoms with Gasteiger partial charge in [-0.2, -0.15) is 5.10 Å². The van der Waals surface area contributed by atoms with Crippen LogP contribution in [0.5, 0.6) is 0 Å². The number of benzene rings is 1. The van der Waals surface area contributed by atoms with Crippen LogP contribution in [0.1, 0.15) is 10.5 Å². The maximum Gasteiger partial charge on any atom is 0.227 e. The van der Waals surface area contributed by atoms with Gasteiger partial charge >= 0.3 is 0 Å². The second kappa shape index (κ2) is 5.17. The van der Waals surface area contributed by atoms with E-state index in [0.717, 1.165) is 22.3 Å². The molecule has 6 nitrogen and oxygen atoms in total. The minimum absolute atomic E-state index is 0.346. The molecule has 0 aliphatic heterocycles. The first-order valence-corrected chi connectivity index (χ1v) is 7.05. The fourth-order valence-electron chi connectivity index (χ4n) is 2.43. The second-order valence-corrected chi connectivity index (χ2v) is 5.16. The monoisotopic (exact) mass is 304 g/mol. The maximum absolute atomic E-state index is 10.8. The van der Waals surface area contributed by atoms with Gasteiger partial charge in [0.2, 0.25) is 5.89 Å². The highest BCUT2D eigenvalue weighted by Crippen LogP contribution is 2.27. The number of carbonyl (C=O) groups excluding carboxylic acids is 1. The Hall–Kier alpha value is -3.28. The number of nitrogens with zero attached hydrogens (tertiary/aromatic N) is 4. The first kappa shape index (κ1) is 13.4. The number of pyridine rings is 1. The van der Waals surface area contributed by atoms with Crippen molar-refractivity contribution in [3.63, 3.8) is 0 Å². The van der Waals surface area contributed by atoms with Gasteiger partial charge in [-0.1, -0.05) is 0 Å². The maximum atomic E-state index is 10.8. The number of aldehydes is 1. The molecule has 0 spiro atoms. The highest BCUT2D eigenvalue weighted by atomic mass is 16.3. The van der Waals surface area contributed by atoms with E-state index in [0.29, 0.717) is 23.5 Å². The molecule has 0 unspecified atom stereocenters. The van der Waals surface area contributed by atoms with Crippen LogP contribution < -0.4 is 0 Å². The Balaban J connectivity index is 1.80. The Morgan fingerprint density at radius 3 is 2.83 bits per heavy atom. The van der Waals surface area contributed by atoms with E-state index < -0.39 is 0 Å². The summed E-state index contributed by atoms with van der Waals surface area (Å²) in [5.41, 5.74) is 4.35. The Labute approximate surface area is 131 Å². The topological polar surface area (TPSA) is 73.8 Å². The quantitative estimate of drug-likeness (QED) is 0.544.